The van der Waals surface area contributed by atoms with Gasteiger partial charge in [-0.3, -0.25) is 4.79 Å². The number of halogens is 7. The second-order valence-electron chi connectivity index (χ2n) is 3.03. The highest BCUT2D eigenvalue weighted by Gasteiger charge is 2.39. The SMILES string of the molecule is O=Cc1cc(Br)c(C(F)(F)F)cc1C(F)(F)F. The minimum Gasteiger partial charge on any atom is -0.298 e. The molecule has 94 valence electrons. The van der Waals surface area contributed by atoms with Crippen LogP contribution in [0.1, 0.15) is 21.5 Å². The van der Waals surface area contributed by atoms with Crippen LogP contribution in [0, 0.1) is 0 Å². The van der Waals surface area contributed by atoms with E-state index < -0.39 is 33.5 Å². The molecule has 1 aromatic rings. The van der Waals surface area contributed by atoms with Gasteiger partial charge in [0.05, 0.1) is 11.1 Å². The Labute approximate surface area is 99.5 Å². The fourth-order valence-electron chi connectivity index (χ4n) is 1.15. The fraction of sp³-hybridized carbons (Fsp3) is 0.222. The summed E-state index contributed by atoms with van der Waals surface area (Å²) in [5.41, 5.74) is -3.93. The Bertz CT molecular complexity index is 448. The Morgan fingerprint density at radius 3 is 1.76 bits per heavy atom. The van der Waals surface area contributed by atoms with Crippen LogP contribution >= 0.6 is 15.9 Å². The van der Waals surface area contributed by atoms with Gasteiger partial charge in [0, 0.05) is 10.0 Å². The Kier molecular flexibility index (Phi) is 3.56. The lowest BCUT2D eigenvalue weighted by molar-refractivity contribution is -0.143. The average Bonchev–Trinajstić information content (AvgIpc) is 2.13. The molecule has 0 spiro atoms. The van der Waals surface area contributed by atoms with Gasteiger partial charge in [-0.05, 0) is 12.1 Å². The zero-order valence-electron chi connectivity index (χ0n) is 7.79. The number of carbonyl (C=O) groups is 1. The van der Waals surface area contributed by atoms with E-state index in [0.29, 0.717) is 6.07 Å². The zero-order valence-corrected chi connectivity index (χ0v) is 9.37. The van der Waals surface area contributed by atoms with E-state index in [4.69, 9.17) is 0 Å². The van der Waals surface area contributed by atoms with Gasteiger partial charge in [-0.15, -0.1) is 0 Å². The first kappa shape index (κ1) is 14.0. The van der Waals surface area contributed by atoms with Crippen molar-refractivity contribution in [1.29, 1.82) is 0 Å². The highest BCUT2D eigenvalue weighted by atomic mass is 79.9. The fourth-order valence-corrected chi connectivity index (χ4v) is 1.73. The molecule has 0 aliphatic rings. The quantitative estimate of drug-likeness (QED) is 0.557. The van der Waals surface area contributed by atoms with Crippen molar-refractivity contribution in [3.63, 3.8) is 0 Å². The molecule has 0 aliphatic heterocycles. The van der Waals surface area contributed by atoms with E-state index in [1.807, 2.05) is 0 Å². The predicted octanol–water partition coefficient (Wildman–Crippen LogP) is 4.30. The topological polar surface area (TPSA) is 17.1 Å². The summed E-state index contributed by atoms with van der Waals surface area (Å²) in [6.07, 6.45) is -10.1. The van der Waals surface area contributed by atoms with Gasteiger partial charge < -0.3 is 0 Å². The van der Waals surface area contributed by atoms with Crippen LogP contribution in [0.5, 0.6) is 0 Å². The largest absolute Gasteiger partial charge is 0.417 e. The molecular weight excluding hydrogens is 318 g/mol. The van der Waals surface area contributed by atoms with Crippen LogP contribution in [-0.2, 0) is 12.4 Å². The van der Waals surface area contributed by atoms with E-state index in [-0.39, 0.29) is 12.4 Å². The third-order valence-corrected chi connectivity index (χ3v) is 2.53. The molecule has 0 unspecified atom stereocenters. The number of carbonyl (C=O) groups excluding carboxylic acids is 1. The highest BCUT2D eigenvalue weighted by molar-refractivity contribution is 9.10. The minimum atomic E-state index is -5.02. The van der Waals surface area contributed by atoms with Gasteiger partial charge in [-0.2, -0.15) is 26.3 Å². The van der Waals surface area contributed by atoms with Crippen molar-refractivity contribution in [2.45, 2.75) is 12.4 Å². The van der Waals surface area contributed by atoms with Crippen molar-refractivity contribution in [2.75, 3.05) is 0 Å². The molecule has 0 fully saturated rings. The molecule has 0 bridgehead atoms. The lowest BCUT2D eigenvalue weighted by Crippen LogP contribution is -2.14. The lowest BCUT2D eigenvalue weighted by Gasteiger charge is -2.14. The standard InChI is InChI=1S/C9H3BrF6O/c10-7-1-4(3-17)5(8(11,12)13)2-6(7)9(14,15)16/h1-3H. The van der Waals surface area contributed by atoms with Gasteiger partial charge in [-0.25, -0.2) is 0 Å². The molecule has 0 atom stereocenters. The number of aldehydes is 1. The van der Waals surface area contributed by atoms with E-state index in [0.717, 1.165) is 0 Å². The molecule has 0 N–H and O–H groups in total. The average molecular weight is 321 g/mol. The third kappa shape index (κ3) is 2.99. The maximum absolute atomic E-state index is 12.4. The van der Waals surface area contributed by atoms with Crippen LogP contribution in [0.3, 0.4) is 0 Å². The van der Waals surface area contributed by atoms with Crippen LogP contribution in [0.2, 0.25) is 0 Å². The molecule has 1 aromatic carbocycles. The summed E-state index contributed by atoms with van der Waals surface area (Å²) in [6, 6.07) is 0.409. The first-order valence-corrected chi connectivity index (χ1v) is 4.79. The van der Waals surface area contributed by atoms with Crippen molar-refractivity contribution in [2.24, 2.45) is 0 Å². The first-order valence-electron chi connectivity index (χ1n) is 4.00. The van der Waals surface area contributed by atoms with Gasteiger partial charge >= 0.3 is 12.4 Å². The van der Waals surface area contributed by atoms with E-state index in [2.05, 4.69) is 15.9 Å². The molecule has 0 heterocycles. The molecule has 0 radical (unpaired) electrons. The van der Waals surface area contributed by atoms with Gasteiger partial charge in [0.2, 0.25) is 0 Å². The molecule has 0 amide bonds. The number of hydrogen-bond donors (Lipinski definition) is 0. The molecule has 0 aromatic heterocycles. The molecule has 17 heavy (non-hydrogen) atoms. The maximum Gasteiger partial charge on any atom is 0.417 e. The molecule has 1 rings (SSSR count). The summed E-state index contributed by atoms with van der Waals surface area (Å²) in [6.45, 7) is 0. The summed E-state index contributed by atoms with van der Waals surface area (Å²) in [4.78, 5) is 10.4. The second kappa shape index (κ2) is 4.32. The van der Waals surface area contributed by atoms with Gasteiger partial charge in [-0.1, -0.05) is 15.9 Å². The molecular formula is C9H3BrF6O. The van der Waals surface area contributed by atoms with Crippen molar-refractivity contribution in [3.8, 4) is 0 Å². The number of rotatable bonds is 1. The molecule has 0 saturated carbocycles. The third-order valence-electron chi connectivity index (χ3n) is 1.88. The second-order valence-corrected chi connectivity index (χ2v) is 3.89. The number of hydrogen-bond acceptors (Lipinski definition) is 1. The van der Waals surface area contributed by atoms with Crippen LogP contribution in [0.25, 0.3) is 0 Å². The summed E-state index contributed by atoms with van der Waals surface area (Å²) in [7, 11) is 0. The van der Waals surface area contributed by atoms with E-state index in [1.165, 1.54) is 0 Å². The molecule has 0 saturated heterocycles. The number of alkyl halides is 6. The summed E-state index contributed by atoms with van der Waals surface area (Å²) < 4.78 is 73.7. The molecule has 8 heteroatoms. The van der Waals surface area contributed by atoms with Crippen molar-refractivity contribution >= 4 is 22.2 Å². The van der Waals surface area contributed by atoms with Crippen molar-refractivity contribution < 1.29 is 31.1 Å². The first-order chi connectivity index (χ1) is 7.57. The molecule has 0 aliphatic carbocycles. The van der Waals surface area contributed by atoms with E-state index in [1.54, 1.807) is 0 Å². The van der Waals surface area contributed by atoms with Gasteiger partial charge in [0.15, 0.2) is 6.29 Å². The zero-order chi connectivity index (χ0) is 13.4. The smallest absolute Gasteiger partial charge is 0.298 e. The van der Waals surface area contributed by atoms with Crippen LogP contribution in [0.15, 0.2) is 16.6 Å². The number of benzene rings is 1. The van der Waals surface area contributed by atoms with E-state index >= 15 is 0 Å². The highest BCUT2D eigenvalue weighted by Crippen LogP contribution is 2.40. The Morgan fingerprint density at radius 2 is 1.41 bits per heavy atom. The van der Waals surface area contributed by atoms with Crippen LogP contribution < -0.4 is 0 Å². The molecule has 1 nitrogen and oxygen atoms in total. The van der Waals surface area contributed by atoms with E-state index in [9.17, 15) is 31.1 Å². The van der Waals surface area contributed by atoms with Crippen molar-refractivity contribution in [3.05, 3.63) is 33.3 Å². The minimum absolute atomic E-state index is 0.0895. The van der Waals surface area contributed by atoms with Gasteiger partial charge in [0.25, 0.3) is 0 Å². The maximum atomic E-state index is 12.4. The van der Waals surface area contributed by atoms with Crippen LogP contribution in [-0.4, -0.2) is 6.29 Å². The summed E-state index contributed by atoms with van der Waals surface area (Å²) in [5.74, 6) is 0. The van der Waals surface area contributed by atoms with Gasteiger partial charge in [0.1, 0.15) is 0 Å². The lowest BCUT2D eigenvalue weighted by atomic mass is 10.0. The van der Waals surface area contributed by atoms with Crippen molar-refractivity contribution in [1.82, 2.24) is 0 Å². The monoisotopic (exact) mass is 320 g/mol. The summed E-state index contributed by atoms with van der Waals surface area (Å²) in [5, 5.41) is 0. The normalized spacial score (nSPS) is 12.6. The predicted molar refractivity (Wildman–Crippen MR) is 49.5 cm³/mol. The Hall–Kier alpha value is -1.05. The Balaban J connectivity index is 3.55. The Morgan fingerprint density at radius 1 is 0.941 bits per heavy atom. The summed E-state index contributed by atoms with van der Waals surface area (Å²) >= 11 is 2.48. The van der Waals surface area contributed by atoms with Crippen LogP contribution in [0.4, 0.5) is 26.3 Å².